The van der Waals surface area contributed by atoms with Crippen LogP contribution in [0, 0.1) is 6.92 Å². The van der Waals surface area contributed by atoms with E-state index in [0.717, 1.165) is 27.3 Å². The molecule has 0 spiro atoms. The van der Waals surface area contributed by atoms with Crippen molar-refractivity contribution in [1.82, 2.24) is 9.97 Å². The van der Waals surface area contributed by atoms with Crippen LogP contribution >= 0.6 is 11.3 Å². The molecule has 1 atom stereocenters. The highest BCUT2D eigenvalue weighted by Crippen LogP contribution is 2.32. The molecular formula is C17H15N5S. The van der Waals surface area contributed by atoms with Crippen molar-refractivity contribution in [3.63, 3.8) is 0 Å². The summed E-state index contributed by atoms with van der Waals surface area (Å²) in [5, 5.41) is 2.02. The van der Waals surface area contributed by atoms with Gasteiger partial charge in [0.2, 0.25) is 0 Å². The van der Waals surface area contributed by atoms with Crippen LogP contribution in [0.3, 0.4) is 0 Å². The Morgan fingerprint density at radius 2 is 2.17 bits per heavy atom. The molecule has 23 heavy (non-hydrogen) atoms. The van der Waals surface area contributed by atoms with Crippen molar-refractivity contribution in [1.29, 1.82) is 0 Å². The number of nitrogens with zero attached hydrogens (tertiary/aromatic N) is 3. The number of fused-ring (bicyclic) bond motifs is 1. The summed E-state index contributed by atoms with van der Waals surface area (Å²) in [4.78, 5) is 18.1. The number of nitrogens with two attached hydrogens (primary N) is 1. The summed E-state index contributed by atoms with van der Waals surface area (Å²) in [6, 6.07) is 7.72. The fourth-order valence-electron chi connectivity index (χ4n) is 2.71. The maximum absolute atomic E-state index is 6.25. The third-order valence-corrected chi connectivity index (χ3v) is 4.76. The van der Waals surface area contributed by atoms with Gasteiger partial charge < -0.3 is 10.7 Å². The van der Waals surface area contributed by atoms with Crippen molar-refractivity contribution in [3.05, 3.63) is 69.8 Å². The molecule has 0 amide bonds. The van der Waals surface area contributed by atoms with E-state index >= 15 is 0 Å². The topological polar surface area (TPSA) is 79.4 Å². The van der Waals surface area contributed by atoms with E-state index in [2.05, 4.69) is 15.0 Å². The second-order valence-electron chi connectivity index (χ2n) is 5.36. The van der Waals surface area contributed by atoms with Gasteiger partial charge in [-0.2, -0.15) is 0 Å². The molecule has 0 saturated carbocycles. The van der Waals surface area contributed by atoms with Crippen LogP contribution in [-0.2, 0) is 0 Å². The minimum absolute atomic E-state index is 0.284. The average Bonchev–Trinajstić information content (AvgIpc) is 3.21. The summed E-state index contributed by atoms with van der Waals surface area (Å²) in [6.45, 7) is 2.04. The highest BCUT2D eigenvalue weighted by Gasteiger charge is 2.25. The lowest BCUT2D eigenvalue weighted by Gasteiger charge is -2.11. The average molecular weight is 321 g/mol. The van der Waals surface area contributed by atoms with Crippen LogP contribution in [0.5, 0.6) is 0 Å². The number of hydrogen-bond acceptors (Lipinski definition) is 5. The zero-order chi connectivity index (χ0) is 15.8. The van der Waals surface area contributed by atoms with Crippen molar-refractivity contribution in [3.8, 4) is 0 Å². The van der Waals surface area contributed by atoms with E-state index in [9.17, 15) is 0 Å². The quantitative estimate of drug-likeness (QED) is 0.759. The number of H-pyrrole nitrogens is 1. The third-order valence-electron chi connectivity index (χ3n) is 3.83. The Bertz CT molecular complexity index is 891. The summed E-state index contributed by atoms with van der Waals surface area (Å²) < 4.78 is 0. The van der Waals surface area contributed by atoms with Crippen molar-refractivity contribution in [2.24, 2.45) is 15.7 Å². The first-order valence-corrected chi connectivity index (χ1v) is 8.16. The number of amidine groups is 1. The lowest BCUT2D eigenvalue weighted by atomic mass is 10.0. The maximum atomic E-state index is 6.25. The molecule has 3 N–H and O–H groups in total. The predicted octanol–water partition coefficient (Wildman–Crippen LogP) is 3.36. The Morgan fingerprint density at radius 1 is 1.26 bits per heavy atom. The largest absolute Gasteiger partial charge is 0.385 e. The standard InChI is InChI=1S/C17H15N5S/c1-10-4-7-20-17-13(10)14(11-5-6-19-9-11)21-15(16(18)22-17)12-3-2-8-23-12/h2-9,15,19H,1H3,(H2,18,20,22). The van der Waals surface area contributed by atoms with E-state index in [4.69, 9.17) is 10.7 Å². The maximum Gasteiger partial charge on any atom is 0.163 e. The number of pyridine rings is 1. The molecule has 3 aromatic rings. The van der Waals surface area contributed by atoms with Crippen molar-refractivity contribution in [2.45, 2.75) is 13.0 Å². The molecule has 0 aromatic carbocycles. The number of rotatable bonds is 2. The fourth-order valence-corrected chi connectivity index (χ4v) is 3.48. The Balaban J connectivity index is 1.99. The molecule has 0 saturated heterocycles. The first-order valence-electron chi connectivity index (χ1n) is 7.28. The number of aliphatic imine (C=N–C) groups is 2. The summed E-state index contributed by atoms with van der Waals surface area (Å²) in [7, 11) is 0. The SMILES string of the molecule is Cc1ccnc2c1C(c1cc[nH]c1)=NC(c1cccs1)C(N)=N2. The normalized spacial score (nSPS) is 17.2. The van der Waals surface area contributed by atoms with Crippen molar-refractivity contribution in [2.75, 3.05) is 0 Å². The number of nitrogens with one attached hydrogen (secondary N) is 1. The first kappa shape index (κ1) is 13.9. The zero-order valence-corrected chi connectivity index (χ0v) is 13.3. The van der Waals surface area contributed by atoms with Gasteiger partial charge in [-0.1, -0.05) is 6.07 Å². The Labute approximate surface area is 137 Å². The molecule has 0 bridgehead atoms. The summed E-state index contributed by atoms with van der Waals surface area (Å²) >= 11 is 1.63. The van der Waals surface area contributed by atoms with Gasteiger partial charge in [-0.15, -0.1) is 11.3 Å². The van der Waals surface area contributed by atoms with Gasteiger partial charge in [0.15, 0.2) is 5.82 Å². The number of thiophene rings is 1. The number of aryl methyl sites for hydroxylation is 1. The van der Waals surface area contributed by atoms with E-state index in [0.29, 0.717) is 11.7 Å². The number of hydrogen-bond donors (Lipinski definition) is 2. The molecular weight excluding hydrogens is 306 g/mol. The zero-order valence-electron chi connectivity index (χ0n) is 12.5. The van der Waals surface area contributed by atoms with Gasteiger partial charge in [-0.25, -0.2) is 9.98 Å². The minimum Gasteiger partial charge on any atom is -0.385 e. The predicted molar refractivity (Wildman–Crippen MR) is 93.7 cm³/mol. The molecule has 0 fully saturated rings. The summed E-state index contributed by atoms with van der Waals surface area (Å²) in [5.41, 5.74) is 10.2. The number of aromatic amines is 1. The van der Waals surface area contributed by atoms with Crippen molar-refractivity contribution >= 4 is 28.7 Å². The summed E-state index contributed by atoms with van der Waals surface area (Å²) in [6.07, 6.45) is 5.58. The van der Waals surface area contributed by atoms with E-state index in [-0.39, 0.29) is 6.04 Å². The molecule has 6 heteroatoms. The van der Waals surface area contributed by atoms with Gasteiger partial charge in [0, 0.05) is 34.6 Å². The molecule has 5 nitrogen and oxygen atoms in total. The molecule has 0 aliphatic carbocycles. The van der Waals surface area contributed by atoms with Crippen LogP contribution in [0.2, 0.25) is 0 Å². The van der Waals surface area contributed by atoms with Crippen LogP contribution in [-0.4, -0.2) is 21.5 Å². The van der Waals surface area contributed by atoms with Gasteiger partial charge in [-0.3, -0.25) is 4.99 Å². The smallest absolute Gasteiger partial charge is 0.163 e. The van der Waals surface area contributed by atoms with Gasteiger partial charge in [0.05, 0.1) is 5.71 Å². The highest BCUT2D eigenvalue weighted by atomic mass is 32.1. The monoisotopic (exact) mass is 321 g/mol. The first-order chi connectivity index (χ1) is 11.2. The number of aromatic nitrogens is 2. The van der Waals surface area contributed by atoms with E-state index < -0.39 is 0 Å². The fraction of sp³-hybridized carbons (Fsp3) is 0.118. The van der Waals surface area contributed by atoms with Crippen LogP contribution in [0.4, 0.5) is 5.82 Å². The molecule has 4 heterocycles. The van der Waals surface area contributed by atoms with E-state index in [1.54, 1.807) is 17.5 Å². The molecule has 4 rings (SSSR count). The second kappa shape index (κ2) is 5.48. The Hall–Kier alpha value is -2.73. The van der Waals surface area contributed by atoms with Crippen molar-refractivity contribution < 1.29 is 0 Å². The molecule has 3 aromatic heterocycles. The van der Waals surface area contributed by atoms with Crippen LogP contribution in [0.1, 0.15) is 27.6 Å². The van der Waals surface area contributed by atoms with Gasteiger partial charge in [-0.05, 0) is 36.1 Å². The van der Waals surface area contributed by atoms with Crippen LogP contribution in [0.15, 0.2) is 58.2 Å². The lowest BCUT2D eigenvalue weighted by molar-refractivity contribution is 0.977. The van der Waals surface area contributed by atoms with Crippen LogP contribution in [0.25, 0.3) is 0 Å². The van der Waals surface area contributed by atoms with E-state index in [1.807, 2.05) is 49.0 Å². The second-order valence-corrected chi connectivity index (χ2v) is 6.34. The van der Waals surface area contributed by atoms with Gasteiger partial charge in [0.1, 0.15) is 11.9 Å². The molecule has 1 aliphatic heterocycles. The molecule has 1 aliphatic rings. The van der Waals surface area contributed by atoms with Crippen LogP contribution < -0.4 is 5.73 Å². The van der Waals surface area contributed by atoms with Gasteiger partial charge >= 0.3 is 0 Å². The van der Waals surface area contributed by atoms with E-state index in [1.165, 1.54) is 0 Å². The Morgan fingerprint density at radius 3 is 2.91 bits per heavy atom. The molecule has 114 valence electrons. The lowest BCUT2D eigenvalue weighted by Crippen LogP contribution is -2.20. The molecule has 1 unspecified atom stereocenters. The summed E-state index contributed by atoms with van der Waals surface area (Å²) in [5.74, 6) is 1.10. The Kier molecular flexibility index (Phi) is 3.31. The highest BCUT2D eigenvalue weighted by molar-refractivity contribution is 7.10. The third kappa shape index (κ3) is 2.37. The molecule has 0 radical (unpaired) electrons. The van der Waals surface area contributed by atoms with Gasteiger partial charge in [0.25, 0.3) is 0 Å². The minimum atomic E-state index is -0.284.